The van der Waals surface area contributed by atoms with Crippen LogP contribution in [0.1, 0.15) is 13.8 Å². The molecule has 18 heavy (non-hydrogen) atoms. The third-order valence-corrected chi connectivity index (χ3v) is 2.59. The second-order valence-electron chi connectivity index (χ2n) is 3.88. The van der Waals surface area contributed by atoms with Crippen molar-refractivity contribution >= 4 is 12.0 Å². The van der Waals surface area contributed by atoms with Gasteiger partial charge in [0.25, 0.3) is 5.72 Å². The number of carbonyl (C=O) groups is 2. The zero-order chi connectivity index (χ0) is 14.1. The monoisotopic (exact) mass is 270 g/mol. The van der Waals surface area contributed by atoms with E-state index in [2.05, 4.69) is 10.1 Å². The molecule has 2 amide bonds. The van der Waals surface area contributed by atoms with Crippen LogP contribution < -0.4 is 10.6 Å². The lowest BCUT2D eigenvalue weighted by atomic mass is 9.86. The summed E-state index contributed by atoms with van der Waals surface area (Å²) in [6.45, 7) is 2.46. The highest BCUT2D eigenvalue weighted by Gasteiger charge is 2.66. The van der Waals surface area contributed by atoms with Crippen LogP contribution in [-0.4, -0.2) is 41.7 Å². The average Bonchev–Trinajstić information content (AvgIpc) is 2.14. The molecule has 0 aromatic carbocycles. The Morgan fingerprint density at radius 3 is 2.56 bits per heavy atom. The van der Waals surface area contributed by atoms with Crippen molar-refractivity contribution in [2.75, 3.05) is 6.61 Å². The first-order chi connectivity index (χ1) is 8.13. The normalized spacial score (nSPS) is 32.4. The number of ether oxygens (including phenoxy) is 1. The van der Waals surface area contributed by atoms with Crippen LogP contribution in [-0.2, 0) is 9.53 Å². The minimum atomic E-state index is -5.20. The Morgan fingerprint density at radius 2 is 2.11 bits per heavy atom. The number of halogens is 3. The van der Waals surface area contributed by atoms with Crippen molar-refractivity contribution in [2.24, 2.45) is 5.92 Å². The largest absolute Gasteiger partial charge is 0.466 e. The van der Waals surface area contributed by atoms with E-state index in [-0.39, 0.29) is 6.61 Å². The Hall–Kier alpha value is -1.51. The summed E-state index contributed by atoms with van der Waals surface area (Å²) in [5.74, 6) is -3.22. The number of nitrogens with one attached hydrogen (secondary N) is 2. The van der Waals surface area contributed by atoms with Crippen molar-refractivity contribution in [3.05, 3.63) is 0 Å². The summed E-state index contributed by atoms with van der Waals surface area (Å²) in [5, 5.41) is 13.0. The van der Waals surface area contributed by atoms with E-state index in [1.54, 1.807) is 0 Å². The predicted molar refractivity (Wildman–Crippen MR) is 52.3 cm³/mol. The van der Waals surface area contributed by atoms with Crippen molar-refractivity contribution in [3.63, 3.8) is 0 Å². The number of hydrogen-bond acceptors (Lipinski definition) is 4. The summed E-state index contributed by atoms with van der Waals surface area (Å²) in [6, 6.07) is -2.42. The summed E-state index contributed by atoms with van der Waals surface area (Å²) >= 11 is 0. The maximum atomic E-state index is 12.8. The fourth-order valence-corrected chi connectivity index (χ4v) is 1.79. The highest BCUT2D eigenvalue weighted by atomic mass is 19.4. The third kappa shape index (κ3) is 2.35. The molecule has 0 radical (unpaired) electrons. The average molecular weight is 270 g/mol. The molecule has 1 aliphatic rings. The summed E-state index contributed by atoms with van der Waals surface area (Å²) < 4.78 is 43.0. The Bertz CT molecular complexity index is 360. The number of esters is 1. The second-order valence-corrected chi connectivity index (χ2v) is 3.88. The molecule has 0 aromatic rings. The van der Waals surface area contributed by atoms with Crippen LogP contribution in [0.25, 0.3) is 0 Å². The van der Waals surface area contributed by atoms with Gasteiger partial charge in [-0.2, -0.15) is 13.2 Å². The number of carbonyl (C=O) groups excluding carboxylic acids is 2. The highest BCUT2D eigenvalue weighted by Crippen LogP contribution is 2.38. The number of hydrogen-bond donors (Lipinski definition) is 3. The summed E-state index contributed by atoms with van der Waals surface area (Å²) in [4.78, 5) is 22.5. The molecular formula is C9H13F3N2O4. The van der Waals surface area contributed by atoms with Crippen LogP contribution in [0.15, 0.2) is 0 Å². The van der Waals surface area contributed by atoms with Gasteiger partial charge in [0.2, 0.25) is 0 Å². The molecule has 3 N–H and O–H groups in total. The van der Waals surface area contributed by atoms with Gasteiger partial charge in [-0.15, -0.1) is 0 Å². The second kappa shape index (κ2) is 4.63. The molecule has 0 bridgehead atoms. The number of rotatable bonds is 2. The quantitative estimate of drug-likeness (QED) is 0.622. The number of urea groups is 1. The first-order valence-corrected chi connectivity index (χ1v) is 5.18. The summed E-state index contributed by atoms with van der Waals surface area (Å²) in [6.07, 6.45) is -5.20. The van der Waals surface area contributed by atoms with Crippen molar-refractivity contribution in [1.82, 2.24) is 10.6 Å². The first kappa shape index (κ1) is 14.6. The van der Waals surface area contributed by atoms with Gasteiger partial charge >= 0.3 is 18.2 Å². The molecule has 0 aliphatic carbocycles. The molecule has 104 valence electrons. The Balaban J connectivity index is 3.15. The molecule has 0 aromatic heterocycles. The fourth-order valence-electron chi connectivity index (χ4n) is 1.79. The standard InChI is InChI=1S/C9H13F3N2O4/c1-3-18-6(15)5-4(2)13-7(16)14-8(5,17)9(10,11)12/h4-5,17H,3H2,1-2H3,(H2,13,14,16). The summed E-state index contributed by atoms with van der Waals surface area (Å²) in [7, 11) is 0. The Morgan fingerprint density at radius 1 is 1.56 bits per heavy atom. The van der Waals surface area contributed by atoms with Gasteiger partial charge in [0.1, 0.15) is 5.92 Å². The van der Waals surface area contributed by atoms with Gasteiger partial charge in [-0.25, -0.2) is 4.79 Å². The molecule has 1 heterocycles. The van der Waals surface area contributed by atoms with Crippen molar-refractivity contribution in [3.8, 4) is 0 Å². The minimum absolute atomic E-state index is 0.135. The molecule has 3 unspecified atom stereocenters. The zero-order valence-electron chi connectivity index (χ0n) is 9.67. The Kier molecular flexibility index (Phi) is 3.75. The molecule has 1 rings (SSSR count). The van der Waals surface area contributed by atoms with Gasteiger partial charge in [-0.3, -0.25) is 4.79 Å². The lowest BCUT2D eigenvalue weighted by molar-refractivity contribution is -0.293. The fraction of sp³-hybridized carbons (Fsp3) is 0.778. The van der Waals surface area contributed by atoms with Gasteiger partial charge in [0, 0.05) is 6.04 Å². The van der Waals surface area contributed by atoms with E-state index in [0.29, 0.717) is 0 Å². The lowest BCUT2D eigenvalue weighted by Crippen LogP contribution is -2.74. The van der Waals surface area contributed by atoms with E-state index in [9.17, 15) is 27.9 Å². The molecular weight excluding hydrogens is 257 g/mol. The van der Waals surface area contributed by atoms with E-state index in [1.807, 2.05) is 0 Å². The van der Waals surface area contributed by atoms with E-state index >= 15 is 0 Å². The third-order valence-electron chi connectivity index (χ3n) is 2.59. The Labute approximate surface area is 100 Å². The van der Waals surface area contributed by atoms with Gasteiger partial charge in [0.05, 0.1) is 6.61 Å². The topological polar surface area (TPSA) is 87.7 Å². The van der Waals surface area contributed by atoms with Gasteiger partial charge in [-0.05, 0) is 13.8 Å². The maximum Gasteiger partial charge on any atom is 0.437 e. The van der Waals surface area contributed by atoms with Gasteiger partial charge in [-0.1, -0.05) is 0 Å². The summed E-state index contributed by atoms with van der Waals surface area (Å²) in [5.41, 5.74) is -3.64. The van der Waals surface area contributed by atoms with E-state index in [1.165, 1.54) is 19.2 Å². The number of aliphatic hydroxyl groups is 1. The molecule has 1 aliphatic heterocycles. The van der Waals surface area contributed by atoms with E-state index < -0.39 is 35.9 Å². The number of alkyl halides is 3. The van der Waals surface area contributed by atoms with Crippen LogP contribution in [0, 0.1) is 5.92 Å². The van der Waals surface area contributed by atoms with Crippen molar-refractivity contribution < 1.29 is 32.6 Å². The molecule has 6 nitrogen and oxygen atoms in total. The first-order valence-electron chi connectivity index (χ1n) is 5.18. The minimum Gasteiger partial charge on any atom is -0.466 e. The molecule has 3 atom stereocenters. The van der Waals surface area contributed by atoms with E-state index in [0.717, 1.165) is 0 Å². The number of amides is 2. The van der Waals surface area contributed by atoms with Gasteiger partial charge < -0.3 is 20.5 Å². The van der Waals surface area contributed by atoms with Crippen LogP contribution >= 0.6 is 0 Å². The van der Waals surface area contributed by atoms with Crippen LogP contribution in [0.3, 0.4) is 0 Å². The molecule has 9 heteroatoms. The molecule has 1 saturated heterocycles. The smallest absolute Gasteiger partial charge is 0.437 e. The maximum absolute atomic E-state index is 12.8. The SMILES string of the molecule is CCOC(=O)C1C(C)NC(=O)NC1(O)C(F)(F)F. The zero-order valence-corrected chi connectivity index (χ0v) is 9.67. The van der Waals surface area contributed by atoms with Crippen molar-refractivity contribution in [2.45, 2.75) is 31.8 Å². The van der Waals surface area contributed by atoms with Crippen LogP contribution in [0.5, 0.6) is 0 Å². The molecule has 0 saturated carbocycles. The molecule has 0 spiro atoms. The highest BCUT2D eigenvalue weighted by molar-refractivity contribution is 5.82. The van der Waals surface area contributed by atoms with Crippen molar-refractivity contribution in [1.29, 1.82) is 0 Å². The lowest BCUT2D eigenvalue weighted by Gasteiger charge is -2.43. The van der Waals surface area contributed by atoms with Gasteiger partial charge in [0.15, 0.2) is 0 Å². The van der Waals surface area contributed by atoms with Crippen LogP contribution in [0.4, 0.5) is 18.0 Å². The van der Waals surface area contributed by atoms with Crippen LogP contribution in [0.2, 0.25) is 0 Å². The predicted octanol–water partition coefficient (Wildman–Crippen LogP) is 0.118. The van der Waals surface area contributed by atoms with E-state index in [4.69, 9.17) is 0 Å². The molecule has 1 fully saturated rings.